The van der Waals surface area contributed by atoms with E-state index in [1.54, 1.807) is 6.07 Å². The third-order valence-electron chi connectivity index (χ3n) is 3.08. The van der Waals surface area contributed by atoms with Crippen LogP contribution >= 0.6 is 0 Å². The number of aliphatic hydroxyl groups is 2. The molecular weight excluding hydrogens is 226 g/mol. The van der Waals surface area contributed by atoms with Gasteiger partial charge in [-0.05, 0) is 19.1 Å². The summed E-state index contributed by atoms with van der Waals surface area (Å²) < 4.78 is 5.19. The molecule has 0 aromatic carbocycles. The van der Waals surface area contributed by atoms with Gasteiger partial charge in [-0.2, -0.15) is 0 Å². The number of carboxylic acids is 1. The highest BCUT2D eigenvalue weighted by molar-refractivity contribution is 5.84. The van der Waals surface area contributed by atoms with Crippen molar-refractivity contribution in [3.63, 3.8) is 0 Å². The Balaban J connectivity index is 2.09. The smallest absolute Gasteiger partial charge is 0.371 e. The molecule has 0 saturated carbocycles. The molecule has 0 radical (unpaired) electrons. The van der Waals surface area contributed by atoms with Crippen LogP contribution in [0.5, 0.6) is 0 Å². The Hall–Kier alpha value is -1.37. The number of aromatic carboxylic acids is 1. The van der Waals surface area contributed by atoms with E-state index in [9.17, 15) is 15.0 Å². The van der Waals surface area contributed by atoms with Gasteiger partial charge in [0.05, 0.1) is 18.2 Å². The molecule has 3 N–H and O–H groups in total. The maximum atomic E-state index is 10.7. The first kappa shape index (κ1) is 12.1. The SMILES string of the molecule is CC(c1ccc(C(=O)O)o1)N1CC(O)C(O)C1. The molecule has 0 amide bonds. The Labute approximate surface area is 98.1 Å². The van der Waals surface area contributed by atoms with Crippen LogP contribution in [0.25, 0.3) is 0 Å². The number of carbonyl (C=O) groups is 1. The first-order chi connectivity index (χ1) is 7.99. The minimum atomic E-state index is -1.11. The molecule has 1 saturated heterocycles. The van der Waals surface area contributed by atoms with Crippen molar-refractivity contribution in [2.75, 3.05) is 13.1 Å². The lowest BCUT2D eigenvalue weighted by Crippen LogP contribution is -2.25. The predicted octanol–water partition coefficient (Wildman–Crippen LogP) is 0.0762. The molecule has 1 aliphatic heterocycles. The van der Waals surface area contributed by atoms with E-state index < -0.39 is 18.2 Å². The van der Waals surface area contributed by atoms with Gasteiger partial charge in [0.15, 0.2) is 0 Å². The number of carboxylic acid groups (broad SMARTS) is 1. The highest BCUT2D eigenvalue weighted by Crippen LogP contribution is 2.26. The average molecular weight is 241 g/mol. The van der Waals surface area contributed by atoms with Gasteiger partial charge in [-0.15, -0.1) is 0 Å². The highest BCUT2D eigenvalue weighted by atomic mass is 16.4. The molecule has 2 heterocycles. The van der Waals surface area contributed by atoms with Crippen LogP contribution in [0, 0.1) is 0 Å². The molecule has 3 unspecified atom stereocenters. The zero-order valence-electron chi connectivity index (χ0n) is 9.41. The van der Waals surface area contributed by atoms with Crippen molar-refractivity contribution in [3.8, 4) is 0 Å². The molecule has 6 nitrogen and oxygen atoms in total. The first-order valence-corrected chi connectivity index (χ1v) is 5.42. The topological polar surface area (TPSA) is 94.1 Å². The van der Waals surface area contributed by atoms with Crippen molar-refractivity contribution in [1.29, 1.82) is 0 Å². The van der Waals surface area contributed by atoms with Gasteiger partial charge in [0.1, 0.15) is 5.76 Å². The Morgan fingerprint density at radius 3 is 2.47 bits per heavy atom. The summed E-state index contributed by atoms with van der Waals surface area (Å²) in [5.74, 6) is -0.694. The van der Waals surface area contributed by atoms with E-state index in [-0.39, 0.29) is 11.8 Å². The number of hydrogen-bond acceptors (Lipinski definition) is 5. The van der Waals surface area contributed by atoms with E-state index in [0.29, 0.717) is 18.8 Å². The van der Waals surface area contributed by atoms with Gasteiger partial charge >= 0.3 is 5.97 Å². The predicted molar refractivity (Wildman–Crippen MR) is 57.7 cm³/mol. The van der Waals surface area contributed by atoms with Crippen LogP contribution in [0.2, 0.25) is 0 Å². The molecule has 3 atom stereocenters. The summed E-state index contributed by atoms with van der Waals surface area (Å²) in [7, 11) is 0. The van der Waals surface area contributed by atoms with Crippen LogP contribution in [-0.2, 0) is 0 Å². The number of hydrogen-bond donors (Lipinski definition) is 3. The molecule has 0 aliphatic carbocycles. The molecular formula is C11H15NO5. The maximum absolute atomic E-state index is 10.7. The average Bonchev–Trinajstić information content (AvgIpc) is 2.86. The maximum Gasteiger partial charge on any atom is 0.371 e. The lowest BCUT2D eigenvalue weighted by molar-refractivity contribution is 0.0572. The minimum absolute atomic E-state index is 0.104. The van der Waals surface area contributed by atoms with Gasteiger partial charge in [0.2, 0.25) is 5.76 Å². The first-order valence-electron chi connectivity index (χ1n) is 5.42. The molecule has 0 bridgehead atoms. The van der Waals surface area contributed by atoms with E-state index >= 15 is 0 Å². The van der Waals surface area contributed by atoms with E-state index in [2.05, 4.69) is 0 Å². The van der Waals surface area contributed by atoms with Gasteiger partial charge in [-0.3, -0.25) is 4.90 Å². The number of rotatable bonds is 3. The number of β-amino-alcohol motifs (C(OH)–C–C–N with tert-alkyl or cyclic N) is 2. The summed E-state index contributed by atoms with van der Waals surface area (Å²) in [6.45, 7) is 2.55. The Morgan fingerprint density at radius 2 is 2.00 bits per heavy atom. The highest BCUT2D eigenvalue weighted by Gasteiger charge is 2.33. The van der Waals surface area contributed by atoms with Crippen molar-refractivity contribution in [1.82, 2.24) is 4.90 Å². The van der Waals surface area contributed by atoms with Crippen LogP contribution in [0.15, 0.2) is 16.5 Å². The van der Waals surface area contributed by atoms with E-state index in [1.165, 1.54) is 6.07 Å². The Bertz CT molecular complexity index is 406. The van der Waals surface area contributed by atoms with Crippen LogP contribution in [0.4, 0.5) is 0 Å². The van der Waals surface area contributed by atoms with Crippen molar-refractivity contribution in [2.45, 2.75) is 25.2 Å². The second-order valence-electron chi connectivity index (χ2n) is 4.27. The monoisotopic (exact) mass is 241 g/mol. The molecule has 1 aromatic heterocycles. The number of likely N-dealkylation sites (tertiary alicyclic amines) is 1. The third kappa shape index (κ3) is 2.33. The van der Waals surface area contributed by atoms with E-state index in [0.717, 1.165) is 0 Å². The lowest BCUT2D eigenvalue weighted by atomic mass is 10.2. The van der Waals surface area contributed by atoms with E-state index in [1.807, 2.05) is 11.8 Å². The van der Waals surface area contributed by atoms with Gasteiger partial charge < -0.3 is 19.7 Å². The summed E-state index contributed by atoms with van der Waals surface area (Å²) in [6.07, 6.45) is -1.52. The van der Waals surface area contributed by atoms with Crippen molar-refractivity contribution in [3.05, 3.63) is 23.7 Å². The fourth-order valence-corrected chi connectivity index (χ4v) is 1.99. The van der Waals surface area contributed by atoms with Crippen LogP contribution in [-0.4, -0.2) is 51.5 Å². The fraction of sp³-hybridized carbons (Fsp3) is 0.545. The summed E-state index contributed by atoms with van der Waals surface area (Å²) >= 11 is 0. The second-order valence-corrected chi connectivity index (χ2v) is 4.27. The molecule has 1 aliphatic rings. The second kappa shape index (κ2) is 4.48. The molecule has 1 aromatic rings. The Morgan fingerprint density at radius 1 is 1.41 bits per heavy atom. The third-order valence-corrected chi connectivity index (χ3v) is 3.08. The zero-order chi connectivity index (χ0) is 12.6. The molecule has 6 heteroatoms. The van der Waals surface area contributed by atoms with Crippen LogP contribution < -0.4 is 0 Å². The minimum Gasteiger partial charge on any atom is -0.475 e. The lowest BCUT2D eigenvalue weighted by Gasteiger charge is -2.21. The number of aliphatic hydroxyl groups excluding tert-OH is 2. The summed E-state index contributed by atoms with van der Waals surface area (Å²) in [5, 5.41) is 27.6. The van der Waals surface area contributed by atoms with Gasteiger partial charge in [0, 0.05) is 13.1 Å². The largest absolute Gasteiger partial charge is 0.475 e. The molecule has 94 valence electrons. The molecule has 1 fully saturated rings. The van der Waals surface area contributed by atoms with Crippen LogP contribution in [0.3, 0.4) is 0 Å². The molecule has 0 spiro atoms. The standard InChI is InChI=1S/C11H15NO5/c1-6(12-4-7(13)8(14)5-12)9-2-3-10(17-9)11(15)16/h2-3,6-8,13-14H,4-5H2,1H3,(H,15,16). The summed E-state index contributed by atoms with van der Waals surface area (Å²) in [4.78, 5) is 12.5. The fourth-order valence-electron chi connectivity index (χ4n) is 1.99. The normalized spacial score (nSPS) is 27.2. The summed E-state index contributed by atoms with van der Waals surface area (Å²) in [5.41, 5.74) is 0. The van der Waals surface area contributed by atoms with Crippen molar-refractivity contribution >= 4 is 5.97 Å². The van der Waals surface area contributed by atoms with Gasteiger partial charge in [0.25, 0.3) is 0 Å². The van der Waals surface area contributed by atoms with Crippen molar-refractivity contribution in [2.24, 2.45) is 0 Å². The molecule has 17 heavy (non-hydrogen) atoms. The van der Waals surface area contributed by atoms with Gasteiger partial charge in [-0.25, -0.2) is 4.79 Å². The van der Waals surface area contributed by atoms with Crippen molar-refractivity contribution < 1.29 is 24.5 Å². The van der Waals surface area contributed by atoms with E-state index in [4.69, 9.17) is 9.52 Å². The Kier molecular flexibility index (Phi) is 3.19. The van der Waals surface area contributed by atoms with Gasteiger partial charge in [-0.1, -0.05) is 0 Å². The van der Waals surface area contributed by atoms with Crippen LogP contribution in [0.1, 0.15) is 29.3 Å². The quantitative estimate of drug-likeness (QED) is 0.693. The zero-order valence-corrected chi connectivity index (χ0v) is 9.41. The number of furan rings is 1. The molecule has 2 rings (SSSR count). The number of nitrogens with zero attached hydrogens (tertiary/aromatic N) is 1. The summed E-state index contributed by atoms with van der Waals surface area (Å²) in [6, 6.07) is 2.83.